The summed E-state index contributed by atoms with van der Waals surface area (Å²) in [6, 6.07) is 2.64. The predicted octanol–water partition coefficient (Wildman–Crippen LogP) is 0.640. The molecule has 3 heterocycles. The van der Waals surface area contributed by atoms with Crippen molar-refractivity contribution in [2.75, 3.05) is 26.2 Å². The van der Waals surface area contributed by atoms with E-state index in [0.29, 0.717) is 18.8 Å². The molecule has 7 nitrogen and oxygen atoms in total. The molecule has 0 atom stereocenters. The number of hydrogen-bond acceptors (Lipinski definition) is 5. The molecular weight excluding hydrogens is 296 g/mol. The minimum absolute atomic E-state index is 0.118. The van der Waals surface area contributed by atoms with Gasteiger partial charge in [-0.05, 0) is 6.92 Å². The van der Waals surface area contributed by atoms with E-state index in [0.717, 1.165) is 25.5 Å². The normalized spacial score (nSPS) is 15.8. The lowest BCUT2D eigenvalue weighted by atomic mass is 10.2. The summed E-state index contributed by atoms with van der Waals surface area (Å²) >= 11 is 0. The zero-order valence-electron chi connectivity index (χ0n) is 13.4. The Kier molecular flexibility index (Phi) is 4.29. The van der Waals surface area contributed by atoms with Gasteiger partial charge in [-0.3, -0.25) is 14.5 Å². The van der Waals surface area contributed by atoms with Gasteiger partial charge in [0.1, 0.15) is 11.6 Å². The molecule has 0 spiro atoms. The second-order valence-corrected chi connectivity index (χ2v) is 5.79. The van der Waals surface area contributed by atoms with E-state index in [9.17, 15) is 9.59 Å². The number of aromatic nitrogens is 2. The van der Waals surface area contributed by atoms with Crippen molar-refractivity contribution >= 4 is 5.91 Å². The van der Waals surface area contributed by atoms with Crippen LogP contribution in [0.3, 0.4) is 0 Å². The molecule has 0 aromatic carbocycles. The van der Waals surface area contributed by atoms with Gasteiger partial charge in [-0.2, -0.15) is 0 Å². The molecule has 7 heteroatoms. The average Bonchev–Trinajstić information content (AvgIpc) is 2.91. The molecule has 1 saturated heterocycles. The first-order valence-corrected chi connectivity index (χ1v) is 7.62. The number of nitrogens with zero attached hydrogens (tertiary/aromatic N) is 4. The predicted molar refractivity (Wildman–Crippen MR) is 84.1 cm³/mol. The molecule has 23 heavy (non-hydrogen) atoms. The Morgan fingerprint density at radius 2 is 2.00 bits per heavy atom. The van der Waals surface area contributed by atoms with Crippen LogP contribution in [0.5, 0.6) is 0 Å². The average molecular weight is 316 g/mol. The highest BCUT2D eigenvalue weighted by atomic mass is 16.3. The summed E-state index contributed by atoms with van der Waals surface area (Å²) in [6.45, 7) is 5.21. The van der Waals surface area contributed by atoms with Gasteiger partial charge in [-0.25, -0.2) is 4.98 Å². The minimum Gasteiger partial charge on any atom is -0.456 e. The second-order valence-electron chi connectivity index (χ2n) is 5.79. The number of amides is 1. The Morgan fingerprint density at radius 3 is 2.61 bits per heavy atom. The van der Waals surface area contributed by atoms with Crippen molar-refractivity contribution in [2.45, 2.75) is 13.5 Å². The van der Waals surface area contributed by atoms with Gasteiger partial charge in [0.15, 0.2) is 11.2 Å². The third-order valence-electron chi connectivity index (χ3n) is 4.05. The minimum atomic E-state index is -0.220. The van der Waals surface area contributed by atoms with E-state index in [4.69, 9.17) is 4.42 Å². The molecule has 0 radical (unpaired) electrons. The Bertz CT molecular complexity index is 757. The van der Waals surface area contributed by atoms with Gasteiger partial charge < -0.3 is 13.9 Å². The third kappa shape index (κ3) is 3.50. The third-order valence-corrected chi connectivity index (χ3v) is 4.05. The van der Waals surface area contributed by atoms with Crippen LogP contribution in [-0.4, -0.2) is 51.4 Å². The Labute approximate surface area is 134 Å². The molecular formula is C16H20N4O3. The van der Waals surface area contributed by atoms with Crippen LogP contribution in [-0.2, 0) is 13.6 Å². The molecule has 3 rings (SSSR count). The lowest BCUT2D eigenvalue weighted by molar-refractivity contribution is 0.0589. The number of rotatable bonds is 3. The highest BCUT2D eigenvalue weighted by molar-refractivity contribution is 5.91. The Morgan fingerprint density at radius 1 is 1.26 bits per heavy atom. The summed E-state index contributed by atoms with van der Waals surface area (Å²) in [7, 11) is 1.97. The van der Waals surface area contributed by atoms with Gasteiger partial charge in [-0.15, -0.1) is 0 Å². The molecule has 0 bridgehead atoms. The van der Waals surface area contributed by atoms with Crippen LogP contribution in [0, 0.1) is 6.92 Å². The van der Waals surface area contributed by atoms with Crippen molar-refractivity contribution in [2.24, 2.45) is 7.05 Å². The van der Waals surface area contributed by atoms with Crippen LogP contribution >= 0.6 is 0 Å². The molecule has 1 fully saturated rings. The first-order valence-electron chi connectivity index (χ1n) is 7.62. The van der Waals surface area contributed by atoms with Crippen LogP contribution in [0.2, 0.25) is 0 Å². The number of piperazine rings is 1. The Balaban J connectivity index is 1.61. The maximum atomic E-state index is 12.4. The number of hydrogen-bond donors (Lipinski definition) is 0. The van der Waals surface area contributed by atoms with E-state index < -0.39 is 0 Å². The SMILES string of the molecule is Cc1cc(=O)cc(C(=O)N2CCN(Cc3nccn3C)CC2)o1. The van der Waals surface area contributed by atoms with Crippen LogP contribution < -0.4 is 5.43 Å². The smallest absolute Gasteiger partial charge is 0.289 e. The van der Waals surface area contributed by atoms with E-state index in [-0.39, 0.29) is 17.1 Å². The van der Waals surface area contributed by atoms with Crippen LogP contribution in [0.25, 0.3) is 0 Å². The molecule has 0 N–H and O–H groups in total. The highest BCUT2D eigenvalue weighted by Crippen LogP contribution is 2.11. The van der Waals surface area contributed by atoms with Crippen LogP contribution in [0.1, 0.15) is 22.1 Å². The lowest BCUT2D eigenvalue weighted by Gasteiger charge is -2.34. The molecule has 1 aliphatic rings. The van der Waals surface area contributed by atoms with E-state index in [2.05, 4.69) is 9.88 Å². The van der Waals surface area contributed by atoms with Gasteiger partial charge in [0, 0.05) is 57.8 Å². The highest BCUT2D eigenvalue weighted by Gasteiger charge is 2.24. The van der Waals surface area contributed by atoms with Crippen molar-refractivity contribution in [3.63, 3.8) is 0 Å². The zero-order valence-corrected chi connectivity index (χ0v) is 13.4. The molecule has 2 aromatic heterocycles. The summed E-state index contributed by atoms with van der Waals surface area (Å²) in [4.78, 5) is 32.3. The fourth-order valence-electron chi connectivity index (χ4n) is 2.72. The molecule has 122 valence electrons. The number of carbonyl (C=O) groups is 1. The first kappa shape index (κ1) is 15.5. The number of imidazole rings is 1. The van der Waals surface area contributed by atoms with Gasteiger partial charge in [0.05, 0.1) is 6.54 Å². The van der Waals surface area contributed by atoms with Gasteiger partial charge in [0.25, 0.3) is 5.91 Å². The zero-order chi connectivity index (χ0) is 16.4. The fraction of sp³-hybridized carbons (Fsp3) is 0.438. The maximum Gasteiger partial charge on any atom is 0.289 e. The van der Waals surface area contributed by atoms with Crippen molar-refractivity contribution in [1.29, 1.82) is 0 Å². The van der Waals surface area contributed by atoms with E-state index >= 15 is 0 Å². The van der Waals surface area contributed by atoms with E-state index in [1.165, 1.54) is 12.1 Å². The standard InChI is InChI=1S/C16H20N4O3/c1-12-9-13(21)10-14(23-12)16(22)20-7-5-19(6-8-20)11-15-17-3-4-18(15)2/h3-4,9-10H,5-8,11H2,1-2H3. The summed E-state index contributed by atoms with van der Waals surface area (Å²) in [5, 5.41) is 0. The quantitative estimate of drug-likeness (QED) is 0.831. The van der Waals surface area contributed by atoms with E-state index in [1.54, 1.807) is 18.0 Å². The fourth-order valence-corrected chi connectivity index (χ4v) is 2.72. The van der Waals surface area contributed by atoms with Gasteiger partial charge >= 0.3 is 0 Å². The summed E-state index contributed by atoms with van der Waals surface area (Å²) < 4.78 is 7.38. The molecule has 2 aromatic rings. The molecule has 0 saturated carbocycles. The van der Waals surface area contributed by atoms with Gasteiger partial charge in [0.2, 0.25) is 0 Å². The molecule has 0 unspecified atom stereocenters. The largest absolute Gasteiger partial charge is 0.456 e. The Hall–Kier alpha value is -2.41. The lowest BCUT2D eigenvalue weighted by Crippen LogP contribution is -2.48. The van der Waals surface area contributed by atoms with Crippen LogP contribution in [0.15, 0.2) is 33.7 Å². The summed E-state index contributed by atoms with van der Waals surface area (Å²) in [6.07, 6.45) is 3.71. The number of aryl methyl sites for hydroxylation is 2. The van der Waals surface area contributed by atoms with Crippen molar-refractivity contribution in [1.82, 2.24) is 19.4 Å². The maximum absolute atomic E-state index is 12.4. The topological polar surface area (TPSA) is 71.6 Å². The summed E-state index contributed by atoms with van der Waals surface area (Å²) in [5.74, 6) is 1.36. The van der Waals surface area contributed by atoms with Gasteiger partial charge in [-0.1, -0.05) is 0 Å². The monoisotopic (exact) mass is 316 g/mol. The number of carbonyl (C=O) groups excluding carboxylic acids is 1. The van der Waals surface area contributed by atoms with Crippen molar-refractivity contribution < 1.29 is 9.21 Å². The van der Waals surface area contributed by atoms with E-state index in [1.807, 2.05) is 17.8 Å². The van der Waals surface area contributed by atoms with Crippen molar-refractivity contribution in [3.05, 3.63) is 52.1 Å². The van der Waals surface area contributed by atoms with Crippen molar-refractivity contribution in [3.8, 4) is 0 Å². The second kappa shape index (κ2) is 6.37. The first-order chi connectivity index (χ1) is 11.0. The molecule has 1 amide bonds. The molecule has 1 aliphatic heterocycles. The molecule has 0 aliphatic carbocycles. The summed E-state index contributed by atoms with van der Waals surface area (Å²) in [5.41, 5.74) is -0.203. The van der Waals surface area contributed by atoms with Crippen LogP contribution in [0.4, 0.5) is 0 Å².